The Morgan fingerprint density at radius 1 is 1.50 bits per heavy atom. The number of carboxylic acids is 1. The summed E-state index contributed by atoms with van der Waals surface area (Å²) < 4.78 is 25.5. The predicted molar refractivity (Wildman–Crippen MR) is 104 cm³/mol. The lowest BCUT2D eigenvalue weighted by Gasteiger charge is -2.44. The van der Waals surface area contributed by atoms with Crippen LogP contribution in [0.1, 0.15) is 19.8 Å². The molecular weight excluding hydrogens is 408 g/mol. The molecule has 0 aromatic heterocycles. The second-order valence-corrected chi connectivity index (χ2v) is 10.7. The topological polar surface area (TPSA) is 162 Å². The Hall–Kier alpha value is -1.18. The van der Waals surface area contributed by atoms with Crippen LogP contribution in [0.15, 0.2) is 10.6 Å². The Morgan fingerprint density at radius 3 is 2.71 bits per heavy atom. The van der Waals surface area contributed by atoms with E-state index in [1.807, 2.05) is 0 Å². The summed E-state index contributed by atoms with van der Waals surface area (Å²) in [6, 6.07) is -0.912. The van der Waals surface area contributed by atoms with E-state index >= 15 is 0 Å². The lowest BCUT2D eigenvalue weighted by Crippen LogP contribution is -2.61. The highest BCUT2D eigenvalue weighted by molar-refractivity contribution is 8.03. The summed E-state index contributed by atoms with van der Waals surface area (Å²) in [5, 5.41) is 22.7. The van der Waals surface area contributed by atoms with E-state index in [1.165, 1.54) is 16.7 Å². The number of sulfonamides is 1. The summed E-state index contributed by atoms with van der Waals surface area (Å²) >= 11 is 1.41. The fourth-order valence-electron chi connectivity index (χ4n) is 4.24. The van der Waals surface area contributed by atoms with Crippen LogP contribution in [-0.2, 0) is 19.6 Å². The number of thioether (sulfide) groups is 1. The number of carbonyl (C=O) groups is 2. The first-order valence-electron chi connectivity index (χ1n) is 9.08. The molecule has 0 aliphatic carbocycles. The molecule has 2 saturated heterocycles. The molecule has 6 atom stereocenters. The van der Waals surface area contributed by atoms with Crippen molar-refractivity contribution in [1.29, 1.82) is 0 Å². The van der Waals surface area contributed by atoms with E-state index in [4.69, 9.17) is 5.73 Å². The summed E-state index contributed by atoms with van der Waals surface area (Å²) in [5.41, 5.74) is 5.71. The van der Waals surface area contributed by atoms with Gasteiger partial charge in [-0.25, -0.2) is 17.9 Å². The van der Waals surface area contributed by atoms with E-state index in [-0.39, 0.29) is 35.5 Å². The van der Waals surface area contributed by atoms with Gasteiger partial charge in [0.1, 0.15) is 5.70 Å². The summed E-state index contributed by atoms with van der Waals surface area (Å²) in [7, 11) is -3.39. The number of rotatable bonds is 8. The second kappa shape index (κ2) is 7.92. The van der Waals surface area contributed by atoms with Gasteiger partial charge in [-0.2, -0.15) is 0 Å². The van der Waals surface area contributed by atoms with E-state index < -0.39 is 34.1 Å². The molecule has 3 rings (SSSR count). The molecule has 3 aliphatic rings. The van der Waals surface area contributed by atoms with Crippen molar-refractivity contribution in [2.45, 2.75) is 49.2 Å². The van der Waals surface area contributed by atoms with Gasteiger partial charge in [-0.3, -0.25) is 4.79 Å². The minimum Gasteiger partial charge on any atom is -0.477 e. The van der Waals surface area contributed by atoms with Crippen LogP contribution >= 0.6 is 11.8 Å². The van der Waals surface area contributed by atoms with Crippen LogP contribution < -0.4 is 15.8 Å². The molecule has 0 radical (unpaired) electrons. The Bertz CT molecular complexity index is 799. The number of aliphatic carboxylic acids is 1. The number of carboxylic acid groups (broad SMARTS) is 1. The van der Waals surface area contributed by atoms with E-state index in [0.717, 1.165) is 6.26 Å². The summed E-state index contributed by atoms with van der Waals surface area (Å²) in [6.07, 6.45) is 1.29. The average Bonchev–Trinajstić information content (AvgIpc) is 3.14. The van der Waals surface area contributed by atoms with Crippen LogP contribution in [-0.4, -0.2) is 84.2 Å². The Balaban J connectivity index is 1.69. The van der Waals surface area contributed by atoms with Crippen molar-refractivity contribution in [3.63, 3.8) is 0 Å². The van der Waals surface area contributed by atoms with E-state index in [1.54, 1.807) is 6.92 Å². The quantitative estimate of drug-likeness (QED) is 0.278. The highest BCUT2D eigenvalue weighted by Gasteiger charge is 2.57. The molecule has 12 heteroatoms. The van der Waals surface area contributed by atoms with Crippen LogP contribution in [0.2, 0.25) is 0 Å². The molecule has 0 bridgehead atoms. The fraction of sp³-hybridized carbons (Fsp3) is 0.750. The number of nitrogens with two attached hydrogens (primary N) is 1. The molecule has 3 aliphatic heterocycles. The van der Waals surface area contributed by atoms with Crippen molar-refractivity contribution >= 4 is 33.7 Å². The van der Waals surface area contributed by atoms with Gasteiger partial charge in [-0.1, -0.05) is 0 Å². The third-order valence-corrected chi connectivity index (χ3v) is 7.50. The van der Waals surface area contributed by atoms with Gasteiger partial charge in [-0.15, -0.1) is 11.8 Å². The number of carbonyl (C=O) groups excluding carboxylic acids is 1. The van der Waals surface area contributed by atoms with Crippen molar-refractivity contribution in [3.8, 4) is 0 Å². The molecule has 2 fully saturated rings. The molecule has 0 saturated carbocycles. The molecule has 28 heavy (non-hydrogen) atoms. The summed E-state index contributed by atoms with van der Waals surface area (Å²) in [5.74, 6) is -2.07. The zero-order valence-electron chi connectivity index (χ0n) is 15.7. The van der Waals surface area contributed by atoms with E-state index in [0.29, 0.717) is 24.3 Å². The zero-order valence-corrected chi connectivity index (χ0v) is 17.3. The van der Waals surface area contributed by atoms with Crippen molar-refractivity contribution in [1.82, 2.24) is 14.9 Å². The summed E-state index contributed by atoms with van der Waals surface area (Å²) in [6.45, 7) is 2.26. The highest BCUT2D eigenvalue weighted by atomic mass is 32.2. The number of aliphatic hydroxyl groups is 1. The van der Waals surface area contributed by atoms with Crippen molar-refractivity contribution in [3.05, 3.63) is 10.6 Å². The van der Waals surface area contributed by atoms with Crippen LogP contribution in [0.25, 0.3) is 0 Å². The van der Waals surface area contributed by atoms with Crippen molar-refractivity contribution in [2.75, 3.05) is 19.3 Å². The van der Waals surface area contributed by atoms with E-state index in [2.05, 4.69) is 10.0 Å². The molecule has 6 N–H and O–H groups in total. The van der Waals surface area contributed by atoms with Gasteiger partial charge >= 0.3 is 5.97 Å². The van der Waals surface area contributed by atoms with Crippen LogP contribution in [0.4, 0.5) is 0 Å². The number of β-lactam (4-membered cyclic amide) rings is 1. The third kappa shape index (κ3) is 4.07. The smallest absolute Gasteiger partial charge is 0.353 e. The van der Waals surface area contributed by atoms with E-state index in [9.17, 15) is 28.2 Å². The zero-order chi connectivity index (χ0) is 20.8. The predicted octanol–water partition coefficient (Wildman–Crippen LogP) is -1.77. The van der Waals surface area contributed by atoms with Gasteiger partial charge in [0, 0.05) is 41.7 Å². The SMILES string of the molecule is C[C@@H](O)[C@H]1C(=O)N2C(C(=O)O)=C(S[C@@H]3CN[C@H](C(CN)NS(C)(=O)=O)C3)C[C@H]12. The summed E-state index contributed by atoms with van der Waals surface area (Å²) in [4.78, 5) is 25.9. The molecule has 1 amide bonds. The van der Waals surface area contributed by atoms with Gasteiger partial charge in [0.2, 0.25) is 15.9 Å². The maximum absolute atomic E-state index is 12.3. The second-order valence-electron chi connectivity index (χ2n) is 7.55. The van der Waals surface area contributed by atoms with Gasteiger partial charge in [-0.05, 0) is 13.3 Å². The molecule has 0 aromatic carbocycles. The maximum atomic E-state index is 12.3. The Morgan fingerprint density at radius 2 is 2.18 bits per heavy atom. The van der Waals surface area contributed by atoms with Crippen molar-refractivity contribution < 1.29 is 28.2 Å². The van der Waals surface area contributed by atoms with Crippen LogP contribution in [0, 0.1) is 5.92 Å². The molecular formula is C16H26N4O6S2. The first-order valence-corrected chi connectivity index (χ1v) is 11.9. The number of hydrogen-bond acceptors (Lipinski definition) is 8. The van der Waals surface area contributed by atoms with Gasteiger partial charge in [0.25, 0.3) is 0 Å². The van der Waals surface area contributed by atoms with Gasteiger partial charge < -0.3 is 26.2 Å². The molecule has 0 aromatic rings. The fourth-order valence-corrected chi connectivity index (χ4v) is 6.50. The number of nitrogens with one attached hydrogen (secondary N) is 2. The third-order valence-electron chi connectivity index (χ3n) is 5.43. The monoisotopic (exact) mass is 434 g/mol. The van der Waals surface area contributed by atoms with Crippen LogP contribution in [0.5, 0.6) is 0 Å². The lowest BCUT2D eigenvalue weighted by atomic mass is 9.83. The maximum Gasteiger partial charge on any atom is 0.353 e. The minimum atomic E-state index is -3.39. The molecule has 158 valence electrons. The molecule has 10 nitrogen and oxygen atoms in total. The number of amides is 1. The molecule has 0 spiro atoms. The lowest BCUT2D eigenvalue weighted by molar-refractivity contribution is -0.161. The molecule has 3 heterocycles. The number of fused-ring (bicyclic) bond motifs is 1. The Kier molecular flexibility index (Phi) is 6.09. The number of aliphatic hydroxyl groups excluding tert-OH is 1. The van der Waals surface area contributed by atoms with Gasteiger partial charge in [0.15, 0.2) is 0 Å². The number of hydrogen-bond donors (Lipinski definition) is 5. The minimum absolute atomic E-state index is 0.00462. The Labute approximate surface area is 168 Å². The standard InChI is InChI=1S/C16H26N4O6S2/c1-7(21)13-11-4-12(14(16(23)24)20(11)15(13)22)27-8-3-9(18-6-8)10(5-17)19-28(2,25)26/h7-11,13,18-19,21H,3-6,17H2,1-2H3,(H,23,24)/t7-,8+,9+,10?,11-,13-/m1/s1. The molecule has 1 unspecified atom stereocenters. The van der Waals surface area contributed by atoms with Crippen molar-refractivity contribution in [2.24, 2.45) is 11.7 Å². The number of nitrogens with zero attached hydrogens (tertiary/aromatic N) is 1. The largest absolute Gasteiger partial charge is 0.477 e. The normalized spacial score (nSPS) is 32.3. The highest BCUT2D eigenvalue weighted by Crippen LogP contribution is 2.48. The average molecular weight is 435 g/mol. The van der Waals surface area contributed by atoms with Gasteiger partial charge in [0.05, 0.1) is 24.3 Å². The first-order chi connectivity index (χ1) is 13.0. The first kappa shape index (κ1) is 21.5. The van der Waals surface area contributed by atoms with Crippen LogP contribution in [0.3, 0.4) is 0 Å².